The van der Waals surface area contributed by atoms with Crippen LogP contribution in [0.15, 0.2) is 24.3 Å². The zero-order chi connectivity index (χ0) is 18.4. The number of esters is 1. The highest BCUT2D eigenvalue weighted by atomic mass is 32.2. The zero-order valence-electron chi connectivity index (χ0n) is 15.2. The Hall–Kier alpha value is -1.57. The molecule has 1 aromatic carbocycles. The fraction of sp³-hybridized carbons (Fsp3) is 0.579. The highest BCUT2D eigenvalue weighted by molar-refractivity contribution is 7.99. The number of hydrogen-bond donors (Lipinski definition) is 1. The van der Waals surface area contributed by atoms with Crippen LogP contribution in [0.5, 0.6) is 0 Å². The Morgan fingerprint density at radius 2 is 1.77 bits per heavy atom. The summed E-state index contributed by atoms with van der Waals surface area (Å²) in [5, 5.41) is 3.12. The molecule has 6 nitrogen and oxygen atoms in total. The number of ether oxygens (including phenoxy) is 2. The van der Waals surface area contributed by atoms with Crippen molar-refractivity contribution in [3.05, 3.63) is 35.4 Å². The molecule has 7 heteroatoms. The van der Waals surface area contributed by atoms with Gasteiger partial charge in [-0.25, -0.2) is 4.79 Å². The van der Waals surface area contributed by atoms with Gasteiger partial charge in [0.1, 0.15) is 0 Å². The Balaban J connectivity index is 1.64. The van der Waals surface area contributed by atoms with Crippen molar-refractivity contribution in [3.63, 3.8) is 0 Å². The molecule has 2 aliphatic heterocycles. The topological polar surface area (TPSA) is 67.9 Å². The molecule has 1 N–H and O–H groups in total. The maximum Gasteiger partial charge on any atom is 0.337 e. The van der Waals surface area contributed by atoms with Crippen molar-refractivity contribution in [1.29, 1.82) is 0 Å². The van der Waals surface area contributed by atoms with Crippen molar-refractivity contribution < 1.29 is 19.1 Å². The number of hydrogen-bond acceptors (Lipinski definition) is 6. The van der Waals surface area contributed by atoms with E-state index >= 15 is 0 Å². The normalized spacial score (nSPS) is 20.3. The molecular weight excluding hydrogens is 352 g/mol. The predicted molar refractivity (Wildman–Crippen MR) is 102 cm³/mol. The minimum absolute atomic E-state index is 0.0245. The Labute approximate surface area is 158 Å². The molecule has 3 rings (SSSR count). The van der Waals surface area contributed by atoms with Crippen LogP contribution in [-0.2, 0) is 9.47 Å². The average Bonchev–Trinajstić information content (AvgIpc) is 2.73. The molecule has 0 radical (unpaired) electrons. The second-order valence-electron chi connectivity index (χ2n) is 6.69. The first-order valence-corrected chi connectivity index (χ1v) is 10.2. The highest BCUT2D eigenvalue weighted by Gasteiger charge is 2.39. The third-order valence-electron chi connectivity index (χ3n) is 5.25. The number of carbonyl (C=O) groups is 2. The summed E-state index contributed by atoms with van der Waals surface area (Å²) in [7, 11) is 1.34. The van der Waals surface area contributed by atoms with Crippen LogP contribution in [0.1, 0.15) is 33.6 Å². The van der Waals surface area contributed by atoms with E-state index < -0.39 is 5.97 Å². The first-order chi connectivity index (χ1) is 12.6. The van der Waals surface area contributed by atoms with Crippen LogP contribution in [0.4, 0.5) is 0 Å². The van der Waals surface area contributed by atoms with Gasteiger partial charge < -0.3 is 14.8 Å². The quantitative estimate of drug-likeness (QED) is 0.788. The van der Waals surface area contributed by atoms with Crippen molar-refractivity contribution in [2.24, 2.45) is 0 Å². The lowest BCUT2D eigenvalue weighted by molar-refractivity contribution is -0.0255. The van der Waals surface area contributed by atoms with Crippen molar-refractivity contribution in [1.82, 2.24) is 10.2 Å². The molecule has 0 atom stereocenters. The van der Waals surface area contributed by atoms with Gasteiger partial charge in [-0.1, -0.05) is 0 Å². The lowest BCUT2D eigenvalue weighted by Gasteiger charge is -2.48. The first kappa shape index (κ1) is 19.2. The van der Waals surface area contributed by atoms with Crippen LogP contribution in [0.25, 0.3) is 0 Å². The van der Waals surface area contributed by atoms with Gasteiger partial charge in [-0.15, -0.1) is 0 Å². The van der Waals surface area contributed by atoms with Gasteiger partial charge in [0.15, 0.2) is 0 Å². The molecule has 0 unspecified atom stereocenters. The lowest BCUT2D eigenvalue weighted by Crippen LogP contribution is -2.60. The van der Waals surface area contributed by atoms with Crippen LogP contribution in [-0.4, -0.2) is 73.8 Å². The van der Waals surface area contributed by atoms with Gasteiger partial charge in [-0.3, -0.25) is 9.69 Å². The Morgan fingerprint density at radius 1 is 1.15 bits per heavy atom. The van der Waals surface area contributed by atoms with Crippen LogP contribution in [0.3, 0.4) is 0 Å². The number of nitrogens with one attached hydrogen (secondary N) is 1. The minimum atomic E-state index is -0.400. The van der Waals surface area contributed by atoms with Crippen LogP contribution < -0.4 is 5.32 Å². The Bertz CT molecular complexity index is 623. The number of carbonyl (C=O) groups excluding carboxylic acids is 2. The molecule has 2 fully saturated rings. The van der Waals surface area contributed by atoms with Gasteiger partial charge in [0.05, 0.1) is 25.9 Å². The Kier molecular flexibility index (Phi) is 6.56. The second-order valence-corrected chi connectivity index (χ2v) is 7.91. The van der Waals surface area contributed by atoms with Gasteiger partial charge in [-0.05, 0) is 48.6 Å². The Morgan fingerprint density at radius 3 is 2.38 bits per heavy atom. The molecule has 2 saturated heterocycles. The van der Waals surface area contributed by atoms with E-state index in [4.69, 9.17) is 4.74 Å². The summed E-state index contributed by atoms with van der Waals surface area (Å²) < 4.78 is 10.2. The van der Waals surface area contributed by atoms with E-state index in [2.05, 4.69) is 15.0 Å². The molecule has 1 amide bonds. The molecular formula is C19H26N2O4S. The highest BCUT2D eigenvalue weighted by Crippen LogP contribution is 2.32. The number of thioether (sulfide) groups is 1. The average molecular weight is 378 g/mol. The molecule has 2 aliphatic rings. The number of methoxy groups -OCH3 is 1. The van der Waals surface area contributed by atoms with Gasteiger partial charge >= 0.3 is 5.97 Å². The van der Waals surface area contributed by atoms with Crippen molar-refractivity contribution in [2.45, 2.75) is 18.4 Å². The molecule has 0 spiro atoms. The standard InChI is InChI=1S/C19H26N2O4S/c1-24-18(23)16-4-2-15(3-5-16)17(22)20-14-19(6-12-26-13-7-19)21-8-10-25-11-9-21/h2-5H,6-14H2,1H3,(H,20,22). The smallest absolute Gasteiger partial charge is 0.337 e. The predicted octanol–water partition coefficient (Wildman–Crippen LogP) is 1.80. The van der Waals surface area contributed by atoms with E-state index in [9.17, 15) is 9.59 Å². The molecule has 0 aliphatic carbocycles. The third kappa shape index (κ3) is 4.39. The van der Waals surface area contributed by atoms with E-state index in [-0.39, 0.29) is 11.4 Å². The van der Waals surface area contributed by atoms with E-state index in [1.165, 1.54) is 7.11 Å². The maximum absolute atomic E-state index is 12.6. The second kappa shape index (κ2) is 8.88. The summed E-state index contributed by atoms with van der Waals surface area (Å²) in [5.41, 5.74) is 1.02. The van der Waals surface area contributed by atoms with Crippen LogP contribution >= 0.6 is 11.8 Å². The van der Waals surface area contributed by atoms with Crippen molar-refractivity contribution >= 4 is 23.6 Å². The fourth-order valence-electron chi connectivity index (χ4n) is 3.62. The van der Waals surface area contributed by atoms with E-state index in [1.807, 2.05) is 11.8 Å². The number of morpholine rings is 1. The third-order valence-corrected chi connectivity index (χ3v) is 6.24. The van der Waals surface area contributed by atoms with Crippen molar-refractivity contribution in [2.75, 3.05) is 51.5 Å². The minimum Gasteiger partial charge on any atom is -0.465 e. The summed E-state index contributed by atoms with van der Waals surface area (Å²) in [6, 6.07) is 6.57. The van der Waals surface area contributed by atoms with Gasteiger partial charge in [-0.2, -0.15) is 11.8 Å². The van der Waals surface area contributed by atoms with E-state index in [0.717, 1.165) is 50.7 Å². The fourth-order valence-corrected chi connectivity index (χ4v) is 4.87. The zero-order valence-corrected chi connectivity index (χ0v) is 16.0. The van der Waals surface area contributed by atoms with Gasteiger partial charge in [0, 0.05) is 30.7 Å². The summed E-state index contributed by atoms with van der Waals surface area (Å²) in [4.78, 5) is 26.6. The molecule has 142 valence electrons. The molecule has 26 heavy (non-hydrogen) atoms. The molecule has 0 bridgehead atoms. The molecule has 0 saturated carbocycles. The maximum atomic E-state index is 12.6. The summed E-state index contributed by atoms with van der Waals surface area (Å²) >= 11 is 1.98. The number of amides is 1. The van der Waals surface area contributed by atoms with Crippen molar-refractivity contribution in [3.8, 4) is 0 Å². The lowest BCUT2D eigenvalue weighted by atomic mass is 9.89. The largest absolute Gasteiger partial charge is 0.465 e. The molecule has 1 aromatic rings. The summed E-state index contributed by atoms with van der Waals surface area (Å²) in [6.45, 7) is 4.02. The van der Waals surface area contributed by atoms with E-state index in [1.54, 1.807) is 24.3 Å². The monoisotopic (exact) mass is 378 g/mol. The van der Waals surface area contributed by atoms with Crippen LogP contribution in [0, 0.1) is 0 Å². The summed E-state index contributed by atoms with van der Waals surface area (Å²) in [5.74, 6) is 1.75. The van der Waals surface area contributed by atoms with Gasteiger partial charge in [0.25, 0.3) is 5.91 Å². The van der Waals surface area contributed by atoms with Gasteiger partial charge in [0.2, 0.25) is 0 Å². The SMILES string of the molecule is COC(=O)c1ccc(C(=O)NCC2(N3CCOCC3)CCSCC2)cc1. The first-order valence-electron chi connectivity index (χ1n) is 9.02. The molecule has 0 aromatic heterocycles. The van der Waals surface area contributed by atoms with E-state index in [0.29, 0.717) is 17.7 Å². The number of rotatable bonds is 5. The number of benzene rings is 1. The number of nitrogens with zero attached hydrogens (tertiary/aromatic N) is 1. The summed E-state index contributed by atoms with van der Waals surface area (Å²) in [6.07, 6.45) is 2.17. The van der Waals surface area contributed by atoms with Crippen LogP contribution in [0.2, 0.25) is 0 Å². The molecule has 2 heterocycles.